The standard InChI is InChI=1S/C146H186/c1-21-37-49-99(29-9)91-143(92-100(30-10)50-38-22-2)129-59-47-45-57-117(129)123-75-65-111(85-135(123)143)107-61-71-119-121-73-63-109(83-133(121)141(17,18)131(119)81-107)113-67-77-125-127-79-69-115(89-139(127)145(137(125)87-113,95-103(33-13)53-41-25-5)96-104(34-14)54-42-26-6)116-70-80-128-126-78-68-114(88-138(126)146(140(128)90-116,97-105(35-15)55-43-27-7)98-106(36-16)56-44-28-8)110-64-74-122-120-72-62-108(82-132(120)142(19,20)134(122)84-110)112-66-76-124-118-58-46-48-60-130(118)144(136(124)86-112,93-101(31-11)51-39-23-3)94-102(32-12)52-40-24-4/h45-48,57-90,99-106H,21-44,49-56,91-98H2,1-20H3. The number of hydrogen-bond donors (Lipinski definition) is 0. The maximum Gasteiger partial charge on any atom is 0.0220 e. The molecule has 0 aliphatic heterocycles. The maximum absolute atomic E-state index is 2.82. The summed E-state index contributed by atoms with van der Waals surface area (Å²) in [6.07, 6.45) is 50.1. The van der Waals surface area contributed by atoms with Gasteiger partial charge in [0.05, 0.1) is 0 Å². The van der Waals surface area contributed by atoms with Crippen molar-refractivity contribution >= 4 is 0 Å². The fraction of sp³-hybridized carbons (Fsp3) is 0.507. The van der Waals surface area contributed by atoms with E-state index in [1.165, 1.54) is 401 Å². The molecule has 0 radical (unpaired) electrons. The molecule has 0 saturated carbocycles. The molecule has 12 aromatic carbocycles. The van der Waals surface area contributed by atoms with Gasteiger partial charge in [0.1, 0.15) is 0 Å². The van der Waals surface area contributed by atoms with Gasteiger partial charge < -0.3 is 0 Å². The largest absolute Gasteiger partial charge is 0.0654 e. The zero-order valence-corrected chi connectivity index (χ0v) is 94.8. The predicted molar refractivity (Wildman–Crippen MR) is 637 cm³/mol. The molecule has 8 unspecified atom stereocenters. The van der Waals surface area contributed by atoms with Crippen LogP contribution < -0.4 is 0 Å². The number of rotatable bonds is 53. The van der Waals surface area contributed by atoms with E-state index in [0.717, 1.165) is 0 Å². The van der Waals surface area contributed by atoms with Gasteiger partial charge in [-0.3, -0.25) is 0 Å². The second-order valence-electron chi connectivity index (χ2n) is 49.2. The van der Waals surface area contributed by atoms with Crippen LogP contribution in [0.25, 0.3) is 122 Å². The first-order valence-corrected chi connectivity index (χ1v) is 60.7. The Morgan fingerprint density at radius 3 is 0.432 bits per heavy atom. The van der Waals surface area contributed by atoms with Crippen LogP contribution in [0.15, 0.2) is 231 Å². The monoisotopic (exact) mass is 1940 g/mol. The van der Waals surface area contributed by atoms with Crippen LogP contribution in [-0.2, 0) is 32.5 Å². The molecule has 0 aromatic heterocycles. The van der Waals surface area contributed by atoms with Crippen LogP contribution >= 0.6 is 0 Å². The van der Waals surface area contributed by atoms with Crippen molar-refractivity contribution in [3.05, 3.63) is 297 Å². The Hall–Kier alpha value is -9.36. The molecule has 0 spiro atoms. The normalized spacial score (nSPS) is 19.5. The van der Waals surface area contributed by atoms with Crippen LogP contribution in [0.4, 0.5) is 0 Å². The molecule has 8 atom stereocenters. The van der Waals surface area contributed by atoms with Crippen LogP contribution in [0.3, 0.4) is 0 Å². The highest BCUT2D eigenvalue weighted by atomic mass is 14.6. The number of benzene rings is 12. The molecule has 0 amide bonds. The molecule has 0 bridgehead atoms. The van der Waals surface area contributed by atoms with Gasteiger partial charge in [0, 0.05) is 32.5 Å². The van der Waals surface area contributed by atoms with Gasteiger partial charge in [-0.25, -0.2) is 0 Å². The van der Waals surface area contributed by atoms with Crippen LogP contribution in [-0.4, -0.2) is 0 Å². The molecule has 6 aliphatic carbocycles. The molecule has 0 fully saturated rings. The van der Waals surface area contributed by atoms with Crippen LogP contribution in [0.2, 0.25) is 0 Å². The van der Waals surface area contributed by atoms with E-state index in [0.29, 0.717) is 47.3 Å². The molecule has 0 N–H and O–H groups in total. The Balaban J connectivity index is 0.707. The Morgan fingerprint density at radius 1 is 0.151 bits per heavy atom. The zero-order chi connectivity index (χ0) is 102. The lowest BCUT2D eigenvalue weighted by molar-refractivity contribution is 0.266. The highest BCUT2D eigenvalue weighted by Gasteiger charge is 2.52. The van der Waals surface area contributed by atoms with E-state index in [1.54, 1.807) is 44.5 Å². The van der Waals surface area contributed by atoms with E-state index in [2.05, 4.69) is 369 Å². The number of fused-ring (bicyclic) bond motifs is 18. The summed E-state index contributed by atoms with van der Waals surface area (Å²) in [6.45, 7) is 49.4. The van der Waals surface area contributed by atoms with Crippen molar-refractivity contribution in [2.45, 2.75) is 428 Å². The minimum atomic E-state index is -0.208. The lowest BCUT2D eigenvalue weighted by atomic mass is 9.64. The summed E-state index contributed by atoms with van der Waals surface area (Å²) < 4.78 is 0. The Morgan fingerprint density at radius 2 is 0.281 bits per heavy atom. The van der Waals surface area contributed by atoms with E-state index in [-0.39, 0.29) is 32.5 Å². The van der Waals surface area contributed by atoms with Gasteiger partial charge in [-0.1, -0.05) is 514 Å². The van der Waals surface area contributed by atoms with Crippen molar-refractivity contribution in [1.82, 2.24) is 0 Å². The molecule has 12 aromatic rings. The lowest BCUT2D eigenvalue weighted by Gasteiger charge is -2.39. The van der Waals surface area contributed by atoms with E-state index >= 15 is 0 Å². The SMILES string of the molecule is CCCCC(CC)CC1(CC(CC)CCCC)c2ccccc2-c2ccc(-c3ccc4c(c3)C(C)(C)c3cc(-c5ccc6c(c5)C(CC(CC)CCCC)(CC(CC)CCCC)c5cc(-c7ccc8c(c7)C(CC(CC)CCCC)(CC(CC)CCCC)c7cc(-c9ccc%10c(c9)C(C)(C)c9cc(-c%11ccc%12c(c%11)C(CC(CC)CCCC)(CC(CC)CCCC)c%11ccccc%11-%12)ccc9-%10)ccc7-8)ccc5-6)ccc3-4)cc21. The molecule has 18 rings (SSSR count). The Labute approximate surface area is 888 Å². The molecule has 0 saturated heterocycles. The topological polar surface area (TPSA) is 0 Å². The summed E-state index contributed by atoms with van der Waals surface area (Å²) in [5.74, 6) is 5.19. The molecular weight excluding hydrogens is 1750 g/mol. The first-order valence-electron chi connectivity index (χ1n) is 60.7. The van der Waals surface area contributed by atoms with Gasteiger partial charge in [0.2, 0.25) is 0 Å². The third kappa shape index (κ3) is 20.0. The molecule has 770 valence electrons. The van der Waals surface area contributed by atoms with Crippen molar-refractivity contribution in [3.63, 3.8) is 0 Å². The summed E-state index contributed by atoms with van der Waals surface area (Å²) in [5, 5.41) is 0. The van der Waals surface area contributed by atoms with E-state index in [1.807, 2.05) is 0 Å². The Bertz CT molecular complexity index is 6040. The van der Waals surface area contributed by atoms with Crippen LogP contribution in [0.5, 0.6) is 0 Å². The summed E-state index contributed by atoms with van der Waals surface area (Å²) in [6, 6.07) is 97.3. The number of hydrogen-bond acceptors (Lipinski definition) is 0. The zero-order valence-electron chi connectivity index (χ0n) is 94.8. The van der Waals surface area contributed by atoms with Gasteiger partial charge in [-0.2, -0.15) is 0 Å². The summed E-state index contributed by atoms with van der Waals surface area (Å²) in [5.41, 5.74) is 48.8. The molecule has 0 heterocycles. The minimum absolute atomic E-state index is 0.00623. The average Bonchev–Trinajstić information content (AvgIpc) is 1.56. The van der Waals surface area contributed by atoms with E-state index in [9.17, 15) is 0 Å². The van der Waals surface area contributed by atoms with Crippen molar-refractivity contribution < 1.29 is 0 Å². The third-order valence-electron chi connectivity index (χ3n) is 39.7. The van der Waals surface area contributed by atoms with E-state index in [4.69, 9.17) is 0 Å². The fourth-order valence-corrected chi connectivity index (χ4v) is 30.8. The van der Waals surface area contributed by atoms with Crippen LogP contribution in [0.1, 0.15) is 462 Å². The molecular formula is C146H186. The van der Waals surface area contributed by atoms with Gasteiger partial charge >= 0.3 is 0 Å². The molecule has 146 heavy (non-hydrogen) atoms. The second-order valence-corrected chi connectivity index (χ2v) is 49.2. The minimum Gasteiger partial charge on any atom is -0.0654 e. The van der Waals surface area contributed by atoms with E-state index < -0.39 is 0 Å². The summed E-state index contributed by atoms with van der Waals surface area (Å²) in [7, 11) is 0. The maximum atomic E-state index is 2.82. The fourth-order valence-electron chi connectivity index (χ4n) is 30.8. The van der Waals surface area contributed by atoms with Crippen molar-refractivity contribution in [3.8, 4) is 122 Å². The van der Waals surface area contributed by atoms with Gasteiger partial charge in [-0.05, 0) is 349 Å². The Kier molecular flexibility index (Phi) is 33.7. The van der Waals surface area contributed by atoms with Crippen molar-refractivity contribution in [1.29, 1.82) is 0 Å². The van der Waals surface area contributed by atoms with Crippen molar-refractivity contribution in [2.24, 2.45) is 47.3 Å². The highest BCUT2D eigenvalue weighted by Crippen LogP contribution is 2.65. The molecule has 0 nitrogen and oxygen atoms in total. The third-order valence-corrected chi connectivity index (χ3v) is 39.7. The molecule has 0 heteroatoms. The van der Waals surface area contributed by atoms with Gasteiger partial charge in [0.25, 0.3) is 0 Å². The summed E-state index contributed by atoms with van der Waals surface area (Å²) >= 11 is 0. The lowest BCUT2D eigenvalue weighted by Crippen LogP contribution is -2.32. The average molecular weight is 1940 g/mol. The number of unbranched alkanes of at least 4 members (excludes halogenated alkanes) is 8. The highest BCUT2D eigenvalue weighted by molar-refractivity contribution is 5.94. The first kappa shape index (κ1) is 106. The quantitative estimate of drug-likeness (QED) is 0.0356. The first-order chi connectivity index (χ1) is 71.0. The van der Waals surface area contributed by atoms with Crippen molar-refractivity contribution in [2.75, 3.05) is 0 Å². The van der Waals surface area contributed by atoms with Crippen LogP contribution in [0, 0.1) is 47.3 Å². The smallest absolute Gasteiger partial charge is 0.0220 e. The van der Waals surface area contributed by atoms with Gasteiger partial charge in [-0.15, -0.1) is 0 Å². The second kappa shape index (κ2) is 46.2. The summed E-state index contributed by atoms with van der Waals surface area (Å²) in [4.78, 5) is 0. The molecule has 6 aliphatic rings. The predicted octanol–water partition coefficient (Wildman–Crippen LogP) is 44.6. The van der Waals surface area contributed by atoms with Gasteiger partial charge in [0.15, 0.2) is 0 Å².